The van der Waals surface area contributed by atoms with E-state index in [1.165, 1.54) is 0 Å². The zero-order valence-corrected chi connectivity index (χ0v) is 9.77. The first kappa shape index (κ1) is 11.9. The summed E-state index contributed by atoms with van der Waals surface area (Å²) < 4.78 is 0. The van der Waals surface area contributed by atoms with Crippen molar-refractivity contribution in [2.24, 2.45) is 5.73 Å². The van der Waals surface area contributed by atoms with Crippen LogP contribution in [0.15, 0.2) is 12.3 Å². The van der Waals surface area contributed by atoms with Gasteiger partial charge in [-0.2, -0.15) is 0 Å². The third-order valence-corrected chi connectivity index (χ3v) is 2.28. The minimum atomic E-state index is 0.143. The molecule has 0 spiro atoms. The highest BCUT2D eigenvalue weighted by molar-refractivity contribution is 5.29. The molecule has 0 bridgehead atoms. The molecule has 0 aromatic carbocycles. The maximum Gasteiger partial charge on any atom is 0.225 e. The van der Waals surface area contributed by atoms with E-state index in [2.05, 4.69) is 28.7 Å². The van der Waals surface area contributed by atoms with Gasteiger partial charge >= 0.3 is 0 Å². The average molecular weight is 208 g/mol. The summed E-state index contributed by atoms with van der Waals surface area (Å²) in [4.78, 5) is 10.9. The topological polar surface area (TPSA) is 55.0 Å². The van der Waals surface area contributed by atoms with Gasteiger partial charge in [-0.25, -0.2) is 9.97 Å². The van der Waals surface area contributed by atoms with Gasteiger partial charge in [0.05, 0.1) is 0 Å². The van der Waals surface area contributed by atoms with Crippen LogP contribution in [0.4, 0.5) is 5.95 Å². The summed E-state index contributed by atoms with van der Waals surface area (Å²) in [6, 6.07) is 2.07. The number of anilines is 1. The molecule has 0 saturated carbocycles. The predicted molar refractivity (Wildman–Crippen MR) is 62.9 cm³/mol. The summed E-state index contributed by atoms with van der Waals surface area (Å²) in [5.74, 6) is 0.804. The minimum Gasteiger partial charge on any atom is -0.341 e. The van der Waals surface area contributed by atoms with Gasteiger partial charge in [0.1, 0.15) is 0 Å². The number of hydrogen-bond donors (Lipinski definition) is 1. The van der Waals surface area contributed by atoms with Crippen molar-refractivity contribution in [3.05, 3.63) is 18.0 Å². The van der Waals surface area contributed by atoms with Crippen LogP contribution in [0.5, 0.6) is 0 Å². The van der Waals surface area contributed by atoms with Gasteiger partial charge in [-0.3, -0.25) is 0 Å². The Morgan fingerprint density at radius 3 is 2.60 bits per heavy atom. The van der Waals surface area contributed by atoms with E-state index in [-0.39, 0.29) is 6.04 Å². The fourth-order valence-corrected chi connectivity index (χ4v) is 1.49. The molecule has 0 fully saturated rings. The average Bonchev–Trinajstić information content (AvgIpc) is 2.19. The van der Waals surface area contributed by atoms with Gasteiger partial charge in [-0.05, 0) is 26.8 Å². The minimum absolute atomic E-state index is 0.143. The van der Waals surface area contributed by atoms with Gasteiger partial charge in [0.25, 0.3) is 0 Å². The van der Waals surface area contributed by atoms with E-state index in [1.54, 1.807) is 6.20 Å². The van der Waals surface area contributed by atoms with E-state index in [4.69, 9.17) is 5.73 Å². The van der Waals surface area contributed by atoms with Crippen molar-refractivity contribution in [2.75, 3.05) is 18.0 Å². The third-order valence-electron chi connectivity index (χ3n) is 2.28. The highest BCUT2D eigenvalue weighted by Crippen LogP contribution is 2.07. The molecule has 15 heavy (non-hydrogen) atoms. The van der Waals surface area contributed by atoms with Crippen LogP contribution in [0.2, 0.25) is 0 Å². The van der Waals surface area contributed by atoms with Crippen LogP contribution < -0.4 is 10.6 Å². The first-order chi connectivity index (χ1) is 7.17. The molecular formula is C11H20N4. The molecular weight excluding hydrogens is 188 g/mol. The lowest BCUT2D eigenvalue weighted by Gasteiger charge is -2.18. The number of nitrogens with two attached hydrogens (primary N) is 1. The molecule has 1 rings (SSSR count). The van der Waals surface area contributed by atoms with Crippen LogP contribution in [0.25, 0.3) is 0 Å². The SMILES string of the molecule is CCN(CC)c1nccc(CC(C)N)n1. The summed E-state index contributed by atoms with van der Waals surface area (Å²) in [5.41, 5.74) is 6.76. The van der Waals surface area contributed by atoms with Gasteiger partial charge < -0.3 is 10.6 Å². The van der Waals surface area contributed by atoms with Crippen LogP contribution in [-0.4, -0.2) is 29.1 Å². The number of rotatable bonds is 5. The maximum atomic E-state index is 5.74. The van der Waals surface area contributed by atoms with Crippen molar-refractivity contribution in [3.63, 3.8) is 0 Å². The van der Waals surface area contributed by atoms with Gasteiger partial charge in [-0.1, -0.05) is 0 Å². The molecule has 0 radical (unpaired) electrons. The maximum absolute atomic E-state index is 5.74. The Hall–Kier alpha value is -1.16. The fourth-order valence-electron chi connectivity index (χ4n) is 1.49. The lowest BCUT2D eigenvalue weighted by atomic mass is 10.2. The Kier molecular flexibility index (Phi) is 4.49. The monoisotopic (exact) mass is 208 g/mol. The molecule has 4 nitrogen and oxygen atoms in total. The zero-order valence-electron chi connectivity index (χ0n) is 9.77. The van der Waals surface area contributed by atoms with Gasteiger partial charge in [-0.15, -0.1) is 0 Å². The second-order valence-corrected chi connectivity index (χ2v) is 3.70. The lowest BCUT2D eigenvalue weighted by Crippen LogP contribution is -2.25. The Balaban J connectivity index is 2.81. The predicted octanol–water partition coefficient (Wildman–Crippen LogP) is 1.21. The van der Waals surface area contributed by atoms with Crippen LogP contribution >= 0.6 is 0 Å². The van der Waals surface area contributed by atoms with Crippen molar-refractivity contribution in [1.29, 1.82) is 0 Å². The highest BCUT2D eigenvalue weighted by atomic mass is 15.2. The van der Waals surface area contributed by atoms with E-state index in [0.29, 0.717) is 0 Å². The number of hydrogen-bond acceptors (Lipinski definition) is 4. The molecule has 84 valence electrons. The Morgan fingerprint density at radius 1 is 1.40 bits per heavy atom. The second-order valence-electron chi connectivity index (χ2n) is 3.70. The zero-order chi connectivity index (χ0) is 11.3. The molecule has 4 heteroatoms. The molecule has 0 aliphatic rings. The van der Waals surface area contributed by atoms with E-state index in [0.717, 1.165) is 31.2 Å². The first-order valence-electron chi connectivity index (χ1n) is 5.49. The molecule has 0 aliphatic carbocycles. The third kappa shape index (κ3) is 3.47. The van der Waals surface area contributed by atoms with Crippen LogP contribution in [0.3, 0.4) is 0 Å². The molecule has 1 aromatic heterocycles. The standard InChI is InChI=1S/C11H20N4/c1-4-15(5-2)11-13-7-6-10(14-11)8-9(3)12/h6-7,9H,4-5,8,12H2,1-3H3. The van der Waals surface area contributed by atoms with Crippen LogP contribution in [0, 0.1) is 0 Å². The smallest absolute Gasteiger partial charge is 0.225 e. The molecule has 1 unspecified atom stereocenters. The molecule has 1 heterocycles. The quantitative estimate of drug-likeness (QED) is 0.790. The van der Waals surface area contributed by atoms with E-state index >= 15 is 0 Å². The Morgan fingerprint density at radius 2 is 2.07 bits per heavy atom. The fraction of sp³-hybridized carbons (Fsp3) is 0.636. The summed E-state index contributed by atoms with van der Waals surface area (Å²) >= 11 is 0. The normalized spacial score (nSPS) is 12.5. The van der Waals surface area contributed by atoms with E-state index in [9.17, 15) is 0 Å². The number of nitrogens with zero attached hydrogens (tertiary/aromatic N) is 3. The van der Waals surface area contributed by atoms with Crippen LogP contribution in [0.1, 0.15) is 26.5 Å². The summed E-state index contributed by atoms with van der Waals surface area (Å²) in [5, 5.41) is 0. The second kappa shape index (κ2) is 5.66. The van der Waals surface area contributed by atoms with Gasteiger partial charge in [0.2, 0.25) is 5.95 Å². The Labute approximate surface area is 91.5 Å². The van der Waals surface area contributed by atoms with E-state index < -0.39 is 0 Å². The molecule has 0 aliphatic heterocycles. The van der Waals surface area contributed by atoms with Crippen molar-refractivity contribution in [1.82, 2.24) is 9.97 Å². The van der Waals surface area contributed by atoms with Gasteiger partial charge in [0, 0.05) is 37.4 Å². The summed E-state index contributed by atoms with van der Waals surface area (Å²) in [6.45, 7) is 8.05. The van der Waals surface area contributed by atoms with Crippen molar-refractivity contribution in [2.45, 2.75) is 33.2 Å². The summed E-state index contributed by atoms with van der Waals surface area (Å²) in [6.07, 6.45) is 2.61. The van der Waals surface area contributed by atoms with Crippen molar-refractivity contribution < 1.29 is 0 Å². The largest absolute Gasteiger partial charge is 0.341 e. The molecule has 2 N–H and O–H groups in total. The molecule has 0 amide bonds. The Bertz CT molecular complexity index is 294. The van der Waals surface area contributed by atoms with Crippen molar-refractivity contribution in [3.8, 4) is 0 Å². The number of aromatic nitrogens is 2. The molecule has 1 atom stereocenters. The summed E-state index contributed by atoms with van der Waals surface area (Å²) in [7, 11) is 0. The highest BCUT2D eigenvalue weighted by Gasteiger charge is 2.06. The molecule has 1 aromatic rings. The van der Waals surface area contributed by atoms with Crippen molar-refractivity contribution >= 4 is 5.95 Å². The van der Waals surface area contributed by atoms with Crippen LogP contribution in [-0.2, 0) is 6.42 Å². The molecule has 0 saturated heterocycles. The van der Waals surface area contributed by atoms with E-state index in [1.807, 2.05) is 13.0 Å². The lowest BCUT2D eigenvalue weighted by molar-refractivity contribution is 0.713. The van der Waals surface area contributed by atoms with Gasteiger partial charge in [0.15, 0.2) is 0 Å². The first-order valence-corrected chi connectivity index (χ1v) is 5.49.